The van der Waals surface area contributed by atoms with Gasteiger partial charge in [-0.3, -0.25) is 19.5 Å². The number of nitrogens with zero attached hydrogens (tertiary/aromatic N) is 2. The van der Waals surface area contributed by atoms with Crippen molar-refractivity contribution >= 4 is 34.6 Å². The quantitative estimate of drug-likeness (QED) is 0.349. The number of hydrogen-bond acceptors (Lipinski definition) is 5. The number of amides is 3. The van der Waals surface area contributed by atoms with Crippen LogP contribution in [0.3, 0.4) is 0 Å². The lowest BCUT2D eigenvalue weighted by Gasteiger charge is -2.14. The highest BCUT2D eigenvalue weighted by molar-refractivity contribution is 7.99. The van der Waals surface area contributed by atoms with Gasteiger partial charge in [0.2, 0.25) is 5.91 Å². The van der Waals surface area contributed by atoms with E-state index in [0.717, 1.165) is 32.1 Å². The molecule has 2 N–H and O–H groups in total. The minimum Gasteiger partial charge on any atom is -0.335 e. The molecule has 0 aliphatic heterocycles. The van der Waals surface area contributed by atoms with Crippen LogP contribution in [-0.2, 0) is 11.3 Å². The molecule has 1 aromatic carbocycles. The van der Waals surface area contributed by atoms with Crippen molar-refractivity contribution in [3.05, 3.63) is 34.6 Å². The third kappa shape index (κ3) is 6.88. The van der Waals surface area contributed by atoms with E-state index in [4.69, 9.17) is 0 Å². The number of carbonyl (C=O) groups excluding carboxylic acids is 2. The van der Waals surface area contributed by atoms with Gasteiger partial charge in [-0.2, -0.15) is 0 Å². The Kier molecular flexibility index (Phi) is 9.18. The van der Waals surface area contributed by atoms with Crippen LogP contribution in [0, 0.1) is 0 Å². The first-order valence-electron chi connectivity index (χ1n) is 10.2. The Bertz CT molecular complexity index is 897. The lowest BCUT2D eigenvalue weighted by atomic mass is 10.2. The van der Waals surface area contributed by atoms with Crippen LogP contribution in [0.4, 0.5) is 4.79 Å². The average Bonchev–Trinajstić information content (AvgIpc) is 2.71. The second kappa shape index (κ2) is 11.6. The summed E-state index contributed by atoms with van der Waals surface area (Å²) in [7, 11) is 0. The van der Waals surface area contributed by atoms with E-state index >= 15 is 0 Å². The second-order valence-corrected chi connectivity index (χ2v) is 7.99. The largest absolute Gasteiger partial charge is 0.335 e. The highest BCUT2D eigenvalue weighted by Crippen LogP contribution is 2.18. The zero-order valence-electron chi connectivity index (χ0n) is 17.4. The third-order valence-electron chi connectivity index (χ3n) is 4.64. The topological polar surface area (TPSA) is 93.1 Å². The number of thioether (sulfide) groups is 1. The van der Waals surface area contributed by atoms with Gasteiger partial charge in [0, 0.05) is 12.6 Å². The summed E-state index contributed by atoms with van der Waals surface area (Å²) < 4.78 is 1.65. The zero-order valence-corrected chi connectivity index (χ0v) is 18.2. The van der Waals surface area contributed by atoms with Crippen molar-refractivity contribution in [3.8, 4) is 0 Å². The summed E-state index contributed by atoms with van der Waals surface area (Å²) in [5.41, 5.74) is 0.518. The molecule has 0 saturated heterocycles. The molecule has 2 rings (SSSR count). The van der Waals surface area contributed by atoms with Crippen LogP contribution >= 0.6 is 11.8 Å². The van der Waals surface area contributed by atoms with E-state index in [1.54, 1.807) is 16.7 Å². The zero-order chi connectivity index (χ0) is 21.2. The minimum absolute atomic E-state index is 0.00761. The molecule has 7 nitrogen and oxygen atoms in total. The Morgan fingerprint density at radius 1 is 1.17 bits per heavy atom. The average molecular weight is 419 g/mol. The van der Waals surface area contributed by atoms with Gasteiger partial charge in [-0.05, 0) is 31.9 Å². The first-order valence-corrected chi connectivity index (χ1v) is 11.2. The van der Waals surface area contributed by atoms with Crippen LogP contribution in [-0.4, -0.2) is 33.3 Å². The molecule has 0 fully saturated rings. The maximum atomic E-state index is 12.9. The van der Waals surface area contributed by atoms with Crippen LogP contribution in [0.25, 0.3) is 10.9 Å². The predicted octanol–water partition coefficient (Wildman–Crippen LogP) is 3.69. The minimum atomic E-state index is -0.506. The number of carbonyl (C=O) groups is 2. The number of para-hydroxylation sites is 1. The first-order chi connectivity index (χ1) is 14.0. The molecule has 0 spiro atoms. The van der Waals surface area contributed by atoms with E-state index in [0.29, 0.717) is 22.6 Å². The smallest absolute Gasteiger partial charge is 0.321 e. The number of aromatic nitrogens is 2. The SMILES string of the molecule is CCCCCCn1c(SCC(=O)NC(=O)NC(C)CC)nc2ccccc2c1=O. The normalized spacial score (nSPS) is 12.0. The maximum absolute atomic E-state index is 12.9. The van der Waals surface area contributed by atoms with Crippen molar-refractivity contribution < 1.29 is 9.59 Å². The summed E-state index contributed by atoms with van der Waals surface area (Å²) >= 11 is 1.17. The number of nitrogens with one attached hydrogen (secondary N) is 2. The van der Waals surface area contributed by atoms with E-state index in [1.165, 1.54) is 11.8 Å². The fraction of sp³-hybridized carbons (Fsp3) is 0.524. The molecular weight excluding hydrogens is 388 g/mol. The van der Waals surface area contributed by atoms with Gasteiger partial charge in [-0.25, -0.2) is 9.78 Å². The van der Waals surface area contributed by atoms with Crippen molar-refractivity contribution in [2.75, 3.05) is 5.75 Å². The van der Waals surface area contributed by atoms with Crippen molar-refractivity contribution in [3.63, 3.8) is 0 Å². The van der Waals surface area contributed by atoms with Crippen LogP contribution in [0.15, 0.2) is 34.2 Å². The van der Waals surface area contributed by atoms with E-state index < -0.39 is 11.9 Å². The summed E-state index contributed by atoms with van der Waals surface area (Å²) in [4.78, 5) is 41.5. The number of unbranched alkanes of at least 4 members (excludes halogenated alkanes) is 3. The standard InChI is InChI=1S/C21H30N4O3S/c1-4-6-7-10-13-25-19(27)16-11-8-9-12-17(16)23-21(25)29-14-18(26)24-20(28)22-15(3)5-2/h8-9,11-12,15H,4-7,10,13-14H2,1-3H3,(H2,22,24,26,28). The second-order valence-electron chi connectivity index (χ2n) is 7.05. The molecule has 158 valence electrons. The number of urea groups is 1. The summed E-state index contributed by atoms with van der Waals surface area (Å²) in [5, 5.41) is 6.09. The highest BCUT2D eigenvalue weighted by atomic mass is 32.2. The molecule has 1 heterocycles. The van der Waals surface area contributed by atoms with Gasteiger partial charge in [0.15, 0.2) is 5.16 Å². The molecule has 1 atom stereocenters. The first kappa shape index (κ1) is 22.9. The van der Waals surface area contributed by atoms with Gasteiger partial charge in [-0.1, -0.05) is 57.0 Å². The van der Waals surface area contributed by atoms with E-state index in [-0.39, 0.29) is 17.4 Å². The van der Waals surface area contributed by atoms with Crippen LogP contribution < -0.4 is 16.2 Å². The number of imide groups is 1. The highest BCUT2D eigenvalue weighted by Gasteiger charge is 2.15. The Morgan fingerprint density at radius 2 is 1.93 bits per heavy atom. The summed E-state index contributed by atoms with van der Waals surface area (Å²) in [6, 6.07) is 6.71. The number of rotatable bonds is 10. The monoisotopic (exact) mass is 418 g/mol. The molecule has 0 bridgehead atoms. The van der Waals surface area contributed by atoms with Gasteiger partial charge in [-0.15, -0.1) is 0 Å². The molecule has 2 aromatic rings. The Labute approximate surface area is 175 Å². The third-order valence-corrected chi connectivity index (χ3v) is 5.61. The number of benzene rings is 1. The molecular formula is C21H30N4O3S. The molecule has 3 amide bonds. The molecule has 0 saturated carbocycles. The van der Waals surface area contributed by atoms with Gasteiger partial charge in [0.05, 0.1) is 16.7 Å². The molecule has 1 unspecified atom stereocenters. The summed E-state index contributed by atoms with van der Waals surface area (Å²) in [6.45, 7) is 6.53. The van der Waals surface area contributed by atoms with Gasteiger partial charge >= 0.3 is 6.03 Å². The fourth-order valence-corrected chi connectivity index (χ4v) is 3.63. The molecule has 8 heteroatoms. The van der Waals surface area contributed by atoms with Crippen LogP contribution in [0.1, 0.15) is 52.9 Å². The fourth-order valence-electron chi connectivity index (χ4n) is 2.81. The number of hydrogen-bond donors (Lipinski definition) is 2. The van der Waals surface area contributed by atoms with Gasteiger partial charge in [0.1, 0.15) is 0 Å². The summed E-state index contributed by atoms with van der Waals surface area (Å²) in [5.74, 6) is -0.413. The molecule has 0 radical (unpaired) electrons. The van der Waals surface area contributed by atoms with Crippen LogP contribution in [0.5, 0.6) is 0 Å². The Morgan fingerprint density at radius 3 is 2.66 bits per heavy atom. The van der Waals surface area contributed by atoms with Crippen molar-refractivity contribution in [2.45, 2.75) is 70.6 Å². The Balaban J connectivity index is 2.12. The maximum Gasteiger partial charge on any atom is 0.321 e. The van der Waals surface area contributed by atoms with Crippen molar-refractivity contribution in [2.24, 2.45) is 0 Å². The lowest BCUT2D eigenvalue weighted by molar-refractivity contribution is -0.117. The van der Waals surface area contributed by atoms with E-state index in [9.17, 15) is 14.4 Å². The molecule has 1 aromatic heterocycles. The van der Waals surface area contributed by atoms with Crippen molar-refractivity contribution in [1.29, 1.82) is 0 Å². The summed E-state index contributed by atoms with van der Waals surface area (Å²) in [6.07, 6.45) is 4.93. The Hall–Kier alpha value is -2.35. The lowest BCUT2D eigenvalue weighted by Crippen LogP contribution is -2.44. The van der Waals surface area contributed by atoms with Crippen molar-refractivity contribution in [1.82, 2.24) is 20.2 Å². The molecule has 0 aliphatic carbocycles. The van der Waals surface area contributed by atoms with Gasteiger partial charge < -0.3 is 5.32 Å². The van der Waals surface area contributed by atoms with Gasteiger partial charge in [0.25, 0.3) is 5.56 Å². The number of fused-ring (bicyclic) bond motifs is 1. The molecule has 29 heavy (non-hydrogen) atoms. The molecule has 0 aliphatic rings. The van der Waals surface area contributed by atoms with Crippen LogP contribution in [0.2, 0.25) is 0 Å². The van der Waals surface area contributed by atoms with E-state index in [1.807, 2.05) is 26.0 Å². The predicted molar refractivity (Wildman–Crippen MR) is 117 cm³/mol. The van der Waals surface area contributed by atoms with E-state index in [2.05, 4.69) is 22.5 Å².